The first-order chi connectivity index (χ1) is 9.65. The van der Waals surface area contributed by atoms with Crippen LogP contribution in [0.2, 0.25) is 5.02 Å². The Morgan fingerprint density at radius 2 is 1.81 bits per heavy atom. The molecule has 2 aromatic carbocycles. The van der Waals surface area contributed by atoms with Crippen molar-refractivity contribution in [3.05, 3.63) is 65.4 Å². The number of para-hydroxylation sites is 2. The minimum atomic E-state index is 0. The van der Waals surface area contributed by atoms with Crippen molar-refractivity contribution in [2.45, 2.75) is 6.54 Å². The van der Waals surface area contributed by atoms with E-state index in [1.165, 1.54) is 0 Å². The van der Waals surface area contributed by atoms with Crippen LogP contribution in [-0.4, -0.2) is 10.4 Å². The summed E-state index contributed by atoms with van der Waals surface area (Å²) in [6, 6.07) is 15.0. The molecule has 0 aliphatic heterocycles. The minimum Gasteiger partial charge on any atom is -1.00 e. The molecule has 1 heterocycles. The minimum absolute atomic E-state index is 0. The molecule has 1 aromatic heterocycles. The maximum absolute atomic E-state index is 12.3. The first-order valence-corrected chi connectivity index (χ1v) is 6.75. The second kappa shape index (κ2) is 6.41. The highest BCUT2D eigenvalue weighted by Crippen LogP contribution is 2.13. The maximum atomic E-state index is 12.3. The van der Waals surface area contributed by atoms with Crippen LogP contribution < -0.4 is 21.5 Å². The van der Waals surface area contributed by atoms with Crippen molar-refractivity contribution in [3.63, 3.8) is 0 Å². The molecule has 0 radical (unpaired) electrons. The zero-order chi connectivity index (χ0) is 14.1. The fourth-order valence-corrected chi connectivity index (χ4v) is 2.47. The summed E-state index contributed by atoms with van der Waals surface area (Å²) in [5, 5.41) is 0.638. The summed E-state index contributed by atoms with van der Waals surface area (Å²) in [5.41, 5.74) is 2.84. The van der Waals surface area contributed by atoms with Crippen LogP contribution in [0.25, 0.3) is 11.0 Å². The number of benzene rings is 2. The lowest BCUT2D eigenvalue weighted by molar-refractivity contribution is -0.645. The molecule has 0 aliphatic rings. The summed E-state index contributed by atoms with van der Waals surface area (Å²) < 4.78 is 3.98. The summed E-state index contributed by atoms with van der Waals surface area (Å²) >= 11 is 5.84. The van der Waals surface area contributed by atoms with Gasteiger partial charge in [-0.1, -0.05) is 23.7 Å². The van der Waals surface area contributed by atoms with E-state index in [4.69, 9.17) is 11.6 Å². The molecule has 3 rings (SSSR count). The highest BCUT2D eigenvalue weighted by atomic mass is 79.9. The van der Waals surface area contributed by atoms with Crippen molar-refractivity contribution in [3.8, 4) is 0 Å². The molecule has 108 valence electrons. The predicted octanol–water partition coefficient (Wildman–Crippen LogP) is 0.00610. The smallest absolute Gasteiger partial charge is 0.244 e. The summed E-state index contributed by atoms with van der Waals surface area (Å²) in [6.07, 6.45) is 1.94. The summed E-state index contributed by atoms with van der Waals surface area (Å²) in [7, 11) is 1.98. The van der Waals surface area contributed by atoms with E-state index in [0.717, 1.165) is 11.0 Å². The van der Waals surface area contributed by atoms with Crippen LogP contribution in [0.1, 0.15) is 10.4 Å². The third-order valence-corrected chi connectivity index (χ3v) is 3.62. The van der Waals surface area contributed by atoms with Crippen LogP contribution in [0.4, 0.5) is 0 Å². The lowest BCUT2D eigenvalue weighted by Gasteiger charge is -1.99. The summed E-state index contributed by atoms with van der Waals surface area (Å²) in [5.74, 6) is 0.0722. The molecule has 0 atom stereocenters. The monoisotopic (exact) mass is 364 g/mol. The van der Waals surface area contributed by atoms with Crippen molar-refractivity contribution in [1.29, 1.82) is 0 Å². The van der Waals surface area contributed by atoms with Crippen molar-refractivity contribution in [2.75, 3.05) is 0 Å². The number of carbonyl (C=O) groups excluding carboxylic acids is 1. The molecule has 0 bridgehead atoms. The molecule has 0 amide bonds. The Morgan fingerprint density at radius 1 is 1.14 bits per heavy atom. The number of ketones is 1. The Kier molecular flexibility index (Phi) is 4.80. The number of hydrogen-bond acceptors (Lipinski definition) is 1. The second-order valence-corrected chi connectivity index (χ2v) is 5.21. The van der Waals surface area contributed by atoms with Crippen molar-refractivity contribution in [2.24, 2.45) is 7.05 Å². The number of fused-ring (bicyclic) bond motifs is 1. The lowest BCUT2D eigenvalue weighted by Crippen LogP contribution is -3.00. The Morgan fingerprint density at radius 3 is 2.52 bits per heavy atom. The van der Waals surface area contributed by atoms with E-state index in [2.05, 4.69) is 0 Å². The summed E-state index contributed by atoms with van der Waals surface area (Å²) in [6.45, 7) is 0.322. The topological polar surface area (TPSA) is 25.9 Å². The van der Waals surface area contributed by atoms with Gasteiger partial charge in [0, 0.05) is 10.6 Å². The molecule has 3 aromatic rings. The third kappa shape index (κ3) is 3.17. The molecular formula is C16H14BrClN2O. The second-order valence-electron chi connectivity index (χ2n) is 4.77. The molecule has 21 heavy (non-hydrogen) atoms. The van der Waals surface area contributed by atoms with E-state index >= 15 is 0 Å². The van der Waals surface area contributed by atoms with Crippen LogP contribution in [0.5, 0.6) is 0 Å². The third-order valence-electron chi connectivity index (χ3n) is 3.36. The fourth-order valence-electron chi connectivity index (χ4n) is 2.35. The summed E-state index contributed by atoms with van der Waals surface area (Å²) in [4.78, 5) is 12.3. The number of rotatable bonds is 3. The van der Waals surface area contributed by atoms with Crippen molar-refractivity contribution >= 4 is 28.4 Å². The molecule has 3 nitrogen and oxygen atoms in total. The Labute approximate surface area is 138 Å². The van der Waals surface area contributed by atoms with E-state index in [1.807, 2.05) is 46.8 Å². The van der Waals surface area contributed by atoms with Crippen molar-refractivity contribution in [1.82, 2.24) is 4.57 Å². The van der Waals surface area contributed by atoms with E-state index in [0.29, 0.717) is 17.1 Å². The van der Waals surface area contributed by atoms with Gasteiger partial charge in [0.25, 0.3) is 0 Å². The van der Waals surface area contributed by atoms with Gasteiger partial charge < -0.3 is 17.0 Å². The molecule has 0 spiro atoms. The molecule has 0 unspecified atom stereocenters. The van der Waals surface area contributed by atoms with E-state index < -0.39 is 0 Å². The number of carbonyl (C=O) groups is 1. The van der Waals surface area contributed by atoms with Gasteiger partial charge in [-0.3, -0.25) is 4.79 Å². The number of aromatic nitrogens is 2. The first kappa shape index (κ1) is 15.7. The van der Waals surface area contributed by atoms with Gasteiger partial charge >= 0.3 is 0 Å². The van der Waals surface area contributed by atoms with E-state index in [-0.39, 0.29) is 22.8 Å². The van der Waals surface area contributed by atoms with Crippen LogP contribution in [0, 0.1) is 0 Å². The Hall–Kier alpha value is -1.65. The lowest BCUT2D eigenvalue weighted by atomic mass is 10.1. The van der Waals surface area contributed by atoms with Gasteiger partial charge in [-0.05, 0) is 36.4 Å². The van der Waals surface area contributed by atoms with Gasteiger partial charge in [-0.15, -0.1) is 0 Å². The van der Waals surface area contributed by atoms with Gasteiger partial charge in [0.2, 0.25) is 12.1 Å². The molecule has 0 fully saturated rings. The van der Waals surface area contributed by atoms with Crippen LogP contribution in [0.15, 0.2) is 54.9 Å². The van der Waals surface area contributed by atoms with Crippen molar-refractivity contribution < 1.29 is 26.3 Å². The van der Waals surface area contributed by atoms with Crippen LogP contribution >= 0.6 is 11.6 Å². The standard InChI is InChI=1S/C16H14ClN2O.BrH/c1-18-11-19(15-5-3-2-4-14(15)18)10-16(20)12-6-8-13(17)9-7-12;/h2-9,11H,10H2,1H3;1H/q+1;/p-1. The molecule has 5 heteroatoms. The number of Topliss-reactive ketones (excluding diaryl/α,β-unsaturated/α-hetero) is 1. The maximum Gasteiger partial charge on any atom is 0.244 e. The quantitative estimate of drug-likeness (QED) is 0.474. The number of aryl methyl sites for hydroxylation is 1. The number of nitrogens with zero attached hydrogens (tertiary/aromatic N) is 2. The number of imidazole rings is 1. The first-order valence-electron chi connectivity index (χ1n) is 6.37. The molecule has 0 saturated heterocycles. The van der Waals surface area contributed by atoms with E-state index in [1.54, 1.807) is 24.3 Å². The number of halogens is 2. The average Bonchev–Trinajstić information content (AvgIpc) is 2.77. The highest BCUT2D eigenvalue weighted by molar-refractivity contribution is 6.30. The zero-order valence-corrected chi connectivity index (χ0v) is 13.8. The van der Waals surface area contributed by atoms with Crippen LogP contribution in [0.3, 0.4) is 0 Å². The normalized spacial score (nSPS) is 10.4. The van der Waals surface area contributed by atoms with Gasteiger partial charge in [0.15, 0.2) is 17.6 Å². The van der Waals surface area contributed by atoms with E-state index in [9.17, 15) is 4.79 Å². The fraction of sp³-hybridized carbons (Fsp3) is 0.125. The van der Waals surface area contributed by atoms with Gasteiger partial charge in [0.05, 0.1) is 7.05 Å². The average molecular weight is 366 g/mol. The van der Waals surface area contributed by atoms with Gasteiger partial charge in [0.1, 0.15) is 0 Å². The predicted molar refractivity (Wildman–Crippen MR) is 78.9 cm³/mol. The zero-order valence-electron chi connectivity index (χ0n) is 11.5. The SMILES string of the molecule is C[n+]1cn(CC(=O)c2ccc(Cl)cc2)c2ccccc21.[Br-]. The molecule has 0 aliphatic carbocycles. The Balaban J connectivity index is 0.00000161. The Bertz CT molecular complexity index is 781. The largest absolute Gasteiger partial charge is 1.00 e. The molecule has 0 N–H and O–H groups in total. The van der Waals surface area contributed by atoms with Gasteiger partial charge in [-0.25, -0.2) is 9.13 Å². The highest BCUT2D eigenvalue weighted by Gasteiger charge is 2.16. The van der Waals surface area contributed by atoms with Gasteiger partial charge in [-0.2, -0.15) is 0 Å². The number of hydrogen-bond donors (Lipinski definition) is 0. The molecular weight excluding hydrogens is 352 g/mol. The molecule has 0 saturated carbocycles. The van der Waals surface area contributed by atoms with Crippen LogP contribution in [-0.2, 0) is 13.6 Å².